The molecule has 2 atom stereocenters. The van der Waals surface area contributed by atoms with Crippen molar-refractivity contribution in [2.75, 3.05) is 0 Å². The van der Waals surface area contributed by atoms with Crippen LogP contribution in [0.4, 0.5) is 0 Å². The Morgan fingerprint density at radius 3 is 2.94 bits per heavy atom. The van der Waals surface area contributed by atoms with Gasteiger partial charge in [0.05, 0.1) is 16.1 Å². The summed E-state index contributed by atoms with van der Waals surface area (Å²) in [5, 5.41) is 3.44. The molecular formula is C14H14ClNS. The van der Waals surface area contributed by atoms with Crippen LogP contribution >= 0.6 is 22.9 Å². The largest absolute Gasteiger partial charge is 0.247 e. The van der Waals surface area contributed by atoms with Gasteiger partial charge in [-0.15, -0.1) is 22.9 Å². The van der Waals surface area contributed by atoms with E-state index in [1.54, 1.807) is 11.3 Å². The minimum absolute atomic E-state index is 0.146. The molecule has 3 rings (SSSR count). The van der Waals surface area contributed by atoms with Crippen LogP contribution in [-0.2, 0) is 12.8 Å². The number of aryl methyl sites for hydroxylation is 1. The number of fused-ring (bicyclic) bond motifs is 1. The monoisotopic (exact) mass is 263 g/mol. The third kappa shape index (κ3) is 2.12. The van der Waals surface area contributed by atoms with Gasteiger partial charge in [0, 0.05) is 5.38 Å². The van der Waals surface area contributed by atoms with Crippen LogP contribution in [0.25, 0.3) is 0 Å². The summed E-state index contributed by atoms with van der Waals surface area (Å²) in [7, 11) is 0. The van der Waals surface area contributed by atoms with Crippen molar-refractivity contribution in [3.05, 3.63) is 51.5 Å². The van der Waals surface area contributed by atoms with E-state index >= 15 is 0 Å². The summed E-state index contributed by atoms with van der Waals surface area (Å²) in [5.74, 6) is 0.496. The number of benzene rings is 1. The van der Waals surface area contributed by atoms with Crippen molar-refractivity contribution in [1.29, 1.82) is 0 Å². The van der Waals surface area contributed by atoms with Gasteiger partial charge in [-0.25, -0.2) is 4.98 Å². The molecule has 1 aromatic heterocycles. The quantitative estimate of drug-likeness (QED) is 0.742. The van der Waals surface area contributed by atoms with E-state index in [0.29, 0.717) is 5.92 Å². The number of halogens is 1. The molecule has 2 aromatic rings. The molecule has 1 aliphatic carbocycles. The maximum Gasteiger partial charge on any atom is 0.0897 e. The highest BCUT2D eigenvalue weighted by atomic mass is 35.5. The van der Waals surface area contributed by atoms with Gasteiger partial charge >= 0.3 is 0 Å². The second-order valence-corrected chi connectivity index (χ2v) is 6.16. The Morgan fingerprint density at radius 1 is 1.41 bits per heavy atom. The molecule has 0 bridgehead atoms. The molecule has 88 valence electrons. The summed E-state index contributed by atoms with van der Waals surface area (Å²) in [5.41, 5.74) is 3.91. The van der Waals surface area contributed by atoms with Crippen molar-refractivity contribution in [2.45, 2.75) is 25.1 Å². The first kappa shape index (κ1) is 11.2. The third-order valence-electron chi connectivity index (χ3n) is 3.39. The Hall–Kier alpha value is -0.860. The zero-order valence-electron chi connectivity index (χ0n) is 9.69. The summed E-state index contributed by atoms with van der Waals surface area (Å²) < 4.78 is 0. The van der Waals surface area contributed by atoms with E-state index in [2.05, 4.69) is 41.6 Å². The third-order valence-corrected chi connectivity index (χ3v) is 4.80. The number of hydrogen-bond donors (Lipinski definition) is 0. The molecule has 17 heavy (non-hydrogen) atoms. The summed E-state index contributed by atoms with van der Waals surface area (Å²) in [6, 6.07) is 8.51. The van der Waals surface area contributed by atoms with Crippen molar-refractivity contribution >= 4 is 22.9 Å². The number of thiazole rings is 1. The van der Waals surface area contributed by atoms with Gasteiger partial charge in [-0.2, -0.15) is 0 Å². The minimum Gasteiger partial charge on any atom is -0.247 e. The molecule has 0 saturated carbocycles. The van der Waals surface area contributed by atoms with Crippen molar-refractivity contribution < 1.29 is 0 Å². The SMILES string of the molecule is Cc1nc(CC2Cc3ccccc3C2Cl)cs1. The average molecular weight is 264 g/mol. The Labute approximate surface area is 110 Å². The molecule has 1 aliphatic rings. The molecule has 1 aromatic carbocycles. The normalized spacial score (nSPS) is 22.7. The van der Waals surface area contributed by atoms with Gasteiger partial charge in [0.2, 0.25) is 0 Å². The van der Waals surface area contributed by atoms with E-state index in [-0.39, 0.29) is 5.38 Å². The molecular weight excluding hydrogens is 250 g/mol. The van der Waals surface area contributed by atoms with Crippen LogP contribution in [0.3, 0.4) is 0 Å². The zero-order chi connectivity index (χ0) is 11.8. The predicted octanol–water partition coefficient (Wildman–Crippen LogP) is 4.15. The van der Waals surface area contributed by atoms with E-state index in [0.717, 1.165) is 17.8 Å². The standard InChI is InChI=1S/C14H14ClNS/c1-9-16-12(8-17-9)7-11-6-10-4-2-3-5-13(10)14(11)15/h2-5,8,11,14H,6-7H2,1H3. The summed E-state index contributed by atoms with van der Waals surface area (Å²) in [4.78, 5) is 4.53. The average Bonchev–Trinajstić information content (AvgIpc) is 2.86. The van der Waals surface area contributed by atoms with Gasteiger partial charge in [0.1, 0.15) is 0 Å². The highest BCUT2D eigenvalue weighted by molar-refractivity contribution is 7.09. The summed E-state index contributed by atoms with van der Waals surface area (Å²) in [6.07, 6.45) is 2.08. The molecule has 3 heteroatoms. The van der Waals surface area contributed by atoms with Crippen LogP contribution in [0.1, 0.15) is 27.2 Å². The van der Waals surface area contributed by atoms with E-state index in [1.807, 2.05) is 0 Å². The molecule has 0 radical (unpaired) electrons. The molecule has 2 unspecified atom stereocenters. The minimum atomic E-state index is 0.146. The fraction of sp³-hybridized carbons (Fsp3) is 0.357. The second-order valence-electron chi connectivity index (χ2n) is 4.63. The van der Waals surface area contributed by atoms with E-state index in [4.69, 9.17) is 11.6 Å². The molecule has 0 spiro atoms. The van der Waals surface area contributed by atoms with Crippen molar-refractivity contribution in [3.63, 3.8) is 0 Å². The van der Waals surface area contributed by atoms with Gasteiger partial charge in [0.25, 0.3) is 0 Å². The molecule has 0 saturated heterocycles. The fourth-order valence-corrected chi connectivity index (χ4v) is 3.59. The lowest BCUT2D eigenvalue weighted by molar-refractivity contribution is 0.537. The first-order valence-electron chi connectivity index (χ1n) is 5.87. The molecule has 0 amide bonds. The highest BCUT2D eigenvalue weighted by Crippen LogP contribution is 2.42. The van der Waals surface area contributed by atoms with Gasteiger partial charge in [-0.3, -0.25) is 0 Å². The lowest BCUT2D eigenvalue weighted by Gasteiger charge is -2.12. The van der Waals surface area contributed by atoms with E-state index < -0.39 is 0 Å². The predicted molar refractivity (Wildman–Crippen MR) is 72.8 cm³/mol. The topological polar surface area (TPSA) is 12.9 Å². The maximum absolute atomic E-state index is 6.54. The smallest absolute Gasteiger partial charge is 0.0897 e. The Kier molecular flexibility index (Phi) is 2.93. The number of hydrogen-bond acceptors (Lipinski definition) is 2. The molecule has 1 heterocycles. The van der Waals surface area contributed by atoms with Gasteiger partial charge in [-0.1, -0.05) is 24.3 Å². The molecule has 0 aliphatic heterocycles. The van der Waals surface area contributed by atoms with Gasteiger partial charge < -0.3 is 0 Å². The van der Waals surface area contributed by atoms with E-state index in [1.165, 1.54) is 16.8 Å². The lowest BCUT2D eigenvalue weighted by Crippen LogP contribution is -2.07. The van der Waals surface area contributed by atoms with Crippen LogP contribution in [-0.4, -0.2) is 4.98 Å². The number of aromatic nitrogens is 1. The van der Waals surface area contributed by atoms with Crippen LogP contribution in [0, 0.1) is 12.8 Å². The summed E-state index contributed by atoms with van der Waals surface area (Å²) in [6.45, 7) is 2.05. The Bertz CT molecular complexity index is 535. The highest BCUT2D eigenvalue weighted by Gasteiger charge is 2.30. The fourth-order valence-electron chi connectivity index (χ4n) is 2.58. The zero-order valence-corrected chi connectivity index (χ0v) is 11.3. The van der Waals surface area contributed by atoms with Gasteiger partial charge in [-0.05, 0) is 36.8 Å². The number of rotatable bonds is 2. The van der Waals surface area contributed by atoms with Crippen LogP contribution in [0.15, 0.2) is 29.6 Å². The van der Waals surface area contributed by atoms with Crippen LogP contribution in [0.5, 0.6) is 0 Å². The van der Waals surface area contributed by atoms with Gasteiger partial charge in [0.15, 0.2) is 0 Å². The van der Waals surface area contributed by atoms with Crippen LogP contribution in [0.2, 0.25) is 0 Å². The molecule has 0 N–H and O–H groups in total. The Morgan fingerprint density at radius 2 is 2.24 bits per heavy atom. The lowest BCUT2D eigenvalue weighted by atomic mass is 10.0. The maximum atomic E-state index is 6.54. The number of alkyl halides is 1. The number of nitrogens with zero attached hydrogens (tertiary/aromatic N) is 1. The van der Waals surface area contributed by atoms with Crippen molar-refractivity contribution in [2.24, 2.45) is 5.92 Å². The first-order valence-corrected chi connectivity index (χ1v) is 7.18. The molecule has 1 nitrogen and oxygen atoms in total. The van der Waals surface area contributed by atoms with Crippen molar-refractivity contribution in [3.8, 4) is 0 Å². The summed E-state index contributed by atoms with van der Waals surface area (Å²) >= 11 is 8.26. The molecule has 0 fully saturated rings. The van der Waals surface area contributed by atoms with E-state index in [9.17, 15) is 0 Å². The first-order chi connectivity index (χ1) is 8.24. The van der Waals surface area contributed by atoms with Crippen molar-refractivity contribution in [1.82, 2.24) is 4.98 Å². The Balaban J connectivity index is 1.80. The van der Waals surface area contributed by atoms with Crippen LogP contribution < -0.4 is 0 Å². The second kappa shape index (κ2) is 4.43.